The van der Waals surface area contributed by atoms with Crippen LogP contribution in [0.1, 0.15) is 46.5 Å². The molecule has 4 heteroatoms. The predicted molar refractivity (Wildman–Crippen MR) is 82.5 cm³/mol. The van der Waals surface area contributed by atoms with Crippen molar-refractivity contribution in [2.24, 2.45) is 5.92 Å². The normalized spacial score (nSPS) is 12.2. The summed E-state index contributed by atoms with van der Waals surface area (Å²) in [6.07, 6.45) is 3.67. The molecule has 0 aliphatic rings. The third-order valence-corrected chi connectivity index (χ3v) is 3.13. The SMILES string of the molecule is CC(C)CCCCCOC(=O)C(C)Oc1cccc(O)c1. The molecule has 4 nitrogen and oxygen atoms in total. The first-order valence-corrected chi connectivity index (χ1v) is 7.61. The van der Waals surface area contributed by atoms with Crippen LogP contribution >= 0.6 is 0 Å². The van der Waals surface area contributed by atoms with Crippen molar-refractivity contribution in [1.82, 2.24) is 0 Å². The number of esters is 1. The topological polar surface area (TPSA) is 55.8 Å². The third-order valence-electron chi connectivity index (χ3n) is 3.13. The van der Waals surface area contributed by atoms with E-state index in [4.69, 9.17) is 9.47 Å². The zero-order valence-electron chi connectivity index (χ0n) is 13.2. The van der Waals surface area contributed by atoms with Crippen LogP contribution in [0.3, 0.4) is 0 Å². The Bertz CT molecular complexity index is 429. The molecule has 21 heavy (non-hydrogen) atoms. The smallest absolute Gasteiger partial charge is 0.347 e. The Kier molecular flexibility index (Phi) is 7.65. The van der Waals surface area contributed by atoms with E-state index in [9.17, 15) is 9.90 Å². The highest BCUT2D eigenvalue weighted by Crippen LogP contribution is 2.19. The lowest BCUT2D eigenvalue weighted by molar-refractivity contribution is -0.151. The first-order valence-electron chi connectivity index (χ1n) is 7.61. The molecule has 1 aromatic rings. The lowest BCUT2D eigenvalue weighted by Crippen LogP contribution is -2.26. The van der Waals surface area contributed by atoms with E-state index in [2.05, 4.69) is 13.8 Å². The molecule has 0 spiro atoms. The van der Waals surface area contributed by atoms with Crippen molar-refractivity contribution in [2.45, 2.75) is 52.6 Å². The lowest BCUT2D eigenvalue weighted by atomic mass is 10.1. The van der Waals surface area contributed by atoms with Gasteiger partial charge in [0.1, 0.15) is 11.5 Å². The summed E-state index contributed by atoms with van der Waals surface area (Å²) in [6.45, 7) is 6.50. The molecule has 1 aromatic carbocycles. The second kappa shape index (κ2) is 9.27. The summed E-state index contributed by atoms with van der Waals surface area (Å²) in [5.74, 6) is 0.917. The van der Waals surface area contributed by atoms with Crippen LogP contribution in [0.4, 0.5) is 0 Å². The van der Waals surface area contributed by atoms with Crippen LogP contribution in [0, 0.1) is 5.92 Å². The highest BCUT2D eigenvalue weighted by molar-refractivity contribution is 5.74. The van der Waals surface area contributed by atoms with Crippen molar-refractivity contribution in [2.75, 3.05) is 6.61 Å². The van der Waals surface area contributed by atoms with Gasteiger partial charge in [0.15, 0.2) is 6.10 Å². The van der Waals surface area contributed by atoms with Gasteiger partial charge in [-0.05, 0) is 31.4 Å². The molecule has 0 aromatic heterocycles. The summed E-state index contributed by atoms with van der Waals surface area (Å²) in [4.78, 5) is 11.8. The Balaban J connectivity index is 2.19. The summed E-state index contributed by atoms with van der Waals surface area (Å²) in [6, 6.07) is 6.37. The maximum Gasteiger partial charge on any atom is 0.347 e. The third kappa shape index (κ3) is 7.59. The van der Waals surface area contributed by atoms with Crippen LogP contribution in [0.25, 0.3) is 0 Å². The van der Waals surface area contributed by atoms with Gasteiger partial charge in [-0.25, -0.2) is 4.79 Å². The molecule has 1 atom stereocenters. The minimum Gasteiger partial charge on any atom is -0.508 e. The molecular formula is C17H26O4. The van der Waals surface area contributed by atoms with E-state index in [1.807, 2.05) is 0 Å². The lowest BCUT2D eigenvalue weighted by Gasteiger charge is -2.14. The van der Waals surface area contributed by atoms with Crippen molar-refractivity contribution < 1.29 is 19.4 Å². The summed E-state index contributed by atoms with van der Waals surface area (Å²) in [5, 5.41) is 9.33. The number of hydrogen-bond donors (Lipinski definition) is 1. The second-order valence-corrected chi connectivity index (χ2v) is 5.67. The number of phenols is 1. The van der Waals surface area contributed by atoms with Crippen LogP contribution in [0.2, 0.25) is 0 Å². The van der Waals surface area contributed by atoms with Gasteiger partial charge in [0, 0.05) is 6.07 Å². The molecule has 0 radical (unpaired) electrons. The standard InChI is InChI=1S/C17H26O4/c1-13(2)8-5-4-6-11-20-17(19)14(3)21-16-10-7-9-15(18)12-16/h7,9-10,12-14,18H,4-6,8,11H2,1-3H3. The zero-order chi connectivity index (χ0) is 15.7. The van der Waals surface area contributed by atoms with Gasteiger partial charge in [-0.3, -0.25) is 0 Å². The molecule has 0 heterocycles. The van der Waals surface area contributed by atoms with Crippen molar-refractivity contribution in [3.8, 4) is 11.5 Å². The fraction of sp³-hybridized carbons (Fsp3) is 0.588. The Hall–Kier alpha value is -1.71. The molecular weight excluding hydrogens is 268 g/mol. The van der Waals surface area contributed by atoms with E-state index in [-0.39, 0.29) is 11.7 Å². The molecule has 0 fully saturated rings. The fourth-order valence-electron chi connectivity index (χ4n) is 1.93. The van der Waals surface area contributed by atoms with Crippen molar-refractivity contribution in [1.29, 1.82) is 0 Å². The van der Waals surface area contributed by atoms with E-state index in [1.54, 1.807) is 25.1 Å². The average molecular weight is 294 g/mol. The maximum absolute atomic E-state index is 11.8. The Morgan fingerprint density at radius 2 is 1.95 bits per heavy atom. The van der Waals surface area contributed by atoms with Gasteiger partial charge in [-0.15, -0.1) is 0 Å². The van der Waals surface area contributed by atoms with Gasteiger partial charge in [-0.2, -0.15) is 0 Å². The highest BCUT2D eigenvalue weighted by atomic mass is 16.6. The van der Waals surface area contributed by atoms with Gasteiger partial charge < -0.3 is 14.6 Å². The van der Waals surface area contributed by atoms with Crippen LogP contribution < -0.4 is 4.74 Å². The van der Waals surface area contributed by atoms with Crippen molar-refractivity contribution in [3.05, 3.63) is 24.3 Å². The molecule has 0 saturated carbocycles. The molecule has 1 unspecified atom stereocenters. The van der Waals surface area contributed by atoms with Gasteiger partial charge in [0.2, 0.25) is 0 Å². The second-order valence-electron chi connectivity index (χ2n) is 5.67. The first-order chi connectivity index (χ1) is 9.99. The predicted octanol–water partition coefficient (Wildman–Crippen LogP) is 3.92. The monoisotopic (exact) mass is 294 g/mol. The molecule has 0 bridgehead atoms. The molecule has 0 saturated heterocycles. The Labute approximate surface area is 127 Å². The number of rotatable bonds is 9. The first kappa shape index (κ1) is 17.3. The molecule has 0 aliphatic heterocycles. The number of carbonyl (C=O) groups excluding carboxylic acids is 1. The van der Waals surface area contributed by atoms with E-state index in [1.165, 1.54) is 18.9 Å². The number of hydrogen-bond acceptors (Lipinski definition) is 4. The van der Waals surface area contributed by atoms with Gasteiger partial charge >= 0.3 is 5.97 Å². The van der Waals surface area contributed by atoms with E-state index < -0.39 is 6.10 Å². The largest absolute Gasteiger partial charge is 0.508 e. The average Bonchev–Trinajstić information content (AvgIpc) is 2.42. The van der Waals surface area contributed by atoms with Crippen molar-refractivity contribution in [3.63, 3.8) is 0 Å². The van der Waals surface area contributed by atoms with Crippen LogP contribution in [0.5, 0.6) is 11.5 Å². The van der Waals surface area contributed by atoms with Gasteiger partial charge in [0.25, 0.3) is 0 Å². The quantitative estimate of drug-likeness (QED) is 0.554. The van der Waals surface area contributed by atoms with E-state index in [0.29, 0.717) is 12.4 Å². The van der Waals surface area contributed by atoms with Gasteiger partial charge in [0.05, 0.1) is 6.61 Å². The summed E-state index contributed by atoms with van der Waals surface area (Å²) < 4.78 is 10.6. The zero-order valence-corrected chi connectivity index (χ0v) is 13.2. The Morgan fingerprint density at radius 1 is 1.19 bits per heavy atom. The number of aromatic hydroxyl groups is 1. The minimum absolute atomic E-state index is 0.109. The number of unbranched alkanes of at least 4 members (excludes halogenated alkanes) is 2. The number of phenolic OH excluding ortho intramolecular Hbond substituents is 1. The molecule has 1 N–H and O–H groups in total. The molecule has 1 rings (SSSR count). The van der Waals surface area contributed by atoms with E-state index in [0.717, 1.165) is 18.8 Å². The van der Waals surface area contributed by atoms with Crippen LogP contribution in [0.15, 0.2) is 24.3 Å². The van der Waals surface area contributed by atoms with Crippen LogP contribution in [-0.2, 0) is 9.53 Å². The number of ether oxygens (including phenoxy) is 2. The molecule has 0 aliphatic carbocycles. The summed E-state index contributed by atoms with van der Waals surface area (Å²) >= 11 is 0. The molecule has 0 amide bonds. The fourth-order valence-corrected chi connectivity index (χ4v) is 1.93. The number of benzene rings is 1. The van der Waals surface area contributed by atoms with E-state index >= 15 is 0 Å². The van der Waals surface area contributed by atoms with Crippen molar-refractivity contribution >= 4 is 5.97 Å². The summed E-state index contributed by atoms with van der Waals surface area (Å²) in [5.41, 5.74) is 0. The summed E-state index contributed by atoms with van der Waals surface area (Å²) in [7, 11) is 0. The maximum atomic E-state index is 11.8. The van der Waals surface area contributed by atoms with Crippen LogP contribution in [-0.4, -0.2) is 23.8 Å². The molecule has 118 valence electrons. The highest BCUT2D eigenvalue weighted by Gasteiger charge is 2.16. The van der Waals surface area contributed by atoms with Gasteiger partial charge in [-0.1, -0.05) is 39.2 Å². The Morgan fingerprint density at radius 3 is 2.62 bits per heavy atom. The number of carbonyl (C=O) groups is 1. The minimum atomic E-state index is -0.678.